The van der Waals surface area contributed by atoms with Crippen molar-refractivity contribution in [2.75, 3.05) is 13.2 Å². The highest BCUT2D eigenvalue weighted by Crippen LogP contribution is 2.51. The smallest absolute Gasteiger partial charge is 0.505 e. The Labute approximate surface area is 149 Å². The Hall–Kier alpha value is -2.35. The molecule has 2 rings (SSSR count). The first-order valence-corrected chi connectivity index (χ1v) is 8.60. The first-order chi connectivity index (χ1) is 12.5. The highest BCUT2D eigenvalue weighted by atomic mass is 31.2. The maximum atomic E-state index is 12.1. The number of hydrogen-bond acceptors (Lipinski definition) is 13. The molecule has 152 valence electrons. The van der Waals surface area contributed by atoms with Gasteiger partial charge in [-0.1, -0.05) is 0 Å². The summed E-state index contributed by atoms with van der Waals surface area (Å²) in [5, 5.41) is 55.9. The molecule has 2 aliphatic rings. The van der Waals surface area contributed by atoms with Crippen molar-refractivity contribution in [3.8, 4) is 0 Å². The predicted molar refractivity (Wildman–Crippen MR) is 77.3 cm³/mol. The molecule has 14 nitrogen and oxygen atoms in total. The van der Waals surface area contributed by atoms with E-state index in [0.29, 0.717) is 0 Å². The number of phosphoric ester groups is 1. The molecule has 0 aromatic heterocycles. The molecule has 5 atom stereocenters. The molecule has 2 heterocycles. The molecular weight excluding hydrogens is 399 g/mol. The van der Waals surface area contributed by atoms with Crippen LogP contribution in [0.4, 0.5) is 0 Å². The van der Waals surface area contributed by atoms with Crippen molar-refractivity contribution < 1.29 is 68.2 Å². The molecule has 0 aliphatic carbocycles. The van der Waals surface area contributed by atoms with Gasteiger partial charge in [0.05, 0.1) is 13.2 Å². The summed E-state index contributed by atoms with van der Waals surface area (Å²) in [6.07, 6.45) is -7.22. The number of carbonyl (C=O) groups excluding carboxylic acids is 2. The van der Waals surface area contributed by atoms with Crippen LogP contribution in [0, 0.1) is 0 Å². The third-order valence-electron chi connectivity index (χ3n) is 3.33. The van der Waals surface area contributed by atoms with Crippen molar-refractivity contribution in [2.24, 2.45) is 0 Å². The van der Waals surface area contributed by atoms with Crippen molar-refractivity contribution in [3.05, 3.63) is 23.0 Å². The third-order valence-corrected chi connectivity index (χ3v) is 4.17. The summed E-state index contributed by atoms with van der Waals surface area (Å²) < 4.78 is 29.8. The van der Waals surface area contributed by atoms with Crippen LogP contribution in [0.3, 0.4) is 0 Å². The minimum Gasteiger partial charge on any atom is -0.505 e. The lowest BCUT2D eigenvalue weighted by atomic mass is 10.2. The fourth-order valence-corrected chi connectivity index (χ4v) is 2.94. The van der Waals surface area contributed by atoms with Gasteiger partial charge in [-0.3, -0.25) is 4.89 Å². The average molecular weight is 414 g/mol. The van der Waals surface area contributed by atoms with Gasteiger partial charge in [-0.05, 0) is 0 Å². The monoisotopic (exact) mass is 414 g/mol. The van der Waals surface area contributed by atoms with E-state index >= 15 is 0 Å². The van der Waals surface area contributed by atoms with E-state index < -0.39 is 80.4 Å². The molecular formula is C12H15O14P. The Balaban J connectivity index is 2.24. The van der Waals surface area contributed by atoms with Crippen LogP contribution in [-0.2, 0) is 32.7 Å². The van der Waals surface area contributed by atoms with E-state index in [9.17, 15) is 39.5 Å². The number of carbonyl (C=O) groups is 2. The van der Waals surface area contributed by atoms with E-state index in [4.69, 9.17) is 10.2 Å². The minimum absolute atomic E-state index is 0.927. The molecule has 15 heteroatoms. The Morgan fingerprint density at radius 3 is 2.04 bits per heavy atom. The second-order valence-electron chi connectivity index (χ2n) is 5.23. The fourth-order valence-electron chi connectivity index (χ4n) is 2.06. The SMILES string of the molecule is O=C1O[C@H]([C@@H](O)CO)C(OP(=O)(O)OC2=C(O)[C@@H]([C@@H](O)CO)OC2=O)=C1O. The summed E-state index contributed by atoms with van der Waals surface area (Å²) in [6.45, 7) is -1.91. The van der Waals surface area contributed by atoms with Crippen molar-refractivity contribution in [1.29, 1.82) is 0 Å². The third kappa shape index (κ3) is 4.16. The van der Waals surface area contributed by atoms with Crippen LogP contribution >= 0.6 is 7.82 Å². The molecule has 0 aromatic carbocycles. The van der Waals surface area contributed by atoms with Gasteiger partial charge in [0.2, 0.25) is 11.5 Å². The Morgan fingerprint density at radius 1 is 0.963 bits per heavy atom. The van der Waals surface area contributed by atoms with Gasteiger partial charge in [-0.15, -0.1) is 0 Å². The molecule has 0 amide bonds. The van der Waals surface area contributed by atoms with E-state index in [0.717, 1.165) is 0 Å². The summed E-state index contributed by atoms with van der Waals surface area (Å²) in [5.74, 6) is -7.63. The van der Waals surface area contributed by atoms with Gasteiger partial charge in [0.1, 0.15) is 12.2 Å². The molecule has 0 bridgehead atoms. The summed E-state index contributed by atoms with van der Waals surface area (Å²) >= 11 is 0. The summed E-state index contributed by atoms with van der Waals surface area (Å²) in [4.78, 5) is 32.6. The van der Waals surface area contributed by atoms with Gasteiger partial charge in [0.25, 0.3) is 5.76 Å². The molecule has 0 saturated carbocycles. The van der Waals surface area contributed by atoms with Crippen LogP contribution in [-0.4, -0.2) is 85.1 Å². The van der Waals surface area contributed by atoms with E-state index in [1.165, 1.54) is 0 Å². The lowest BCUT2D eigenvalue weighted by Crippen LogP contribution is -2.32. The van der Waals surface area contributed by atoms with Crippen molar-refractivity contribution in [1.82, 2.24) is 0 Å². The normalized spacial score (nSPS) is 27.1. The first-order valence-electron chi connectivity index (χ1n) is 7.10. The molecule has 0 aromatic rings. The van der Waals surface area contributed by atoms with Crippen LogP contribution in [0.15, 0.2) is 23.0 Å². The van der Waals surface area contributed by atoms with Crippen LogP contribution < -0.4 is 0 Å². The quantitative estimate of drug-likeness (QED) is 0.157. The summed E-state index contributed by atoms with van der Waals surface area (Å²) in [7, 11) is -5.39. The zero-order valence-corrected chi connectivity index (χ0v) is 14.1. The van der Waals surface area contributed by atoms with Crippen molar-refractivity contribution in [3.63, 3.8) is 0 Å². The predicted octanol–water partition coefficient (Wildman–Crippen LogP) is -2.78. The van der Waals surface area contributed by atoms with E-state index in [1.54, 1.807) is 0 Å². The van der Waals surface area contributed by atoms with Gasteiger partial charge in [-0.2, -0.15) is 0 Å². The molecule has 2 aliphatic heterocycles. The Morgan fingerprint density at radius 2 is 1.48 bits per heavy atom. The van der Waals surface area contributed by atoms with Crippen LogP contribution in [0.2, 0.25) is 0 Å². The number of phosphoric acid groups is 1. The second-order valence-corrected chi connectivity index (χ2v) is 6.53. The van der Waals surface area contributed by atoms with Crippen LogP contribution in [0.5, 0.6) is 0 Å². The van der Waals surface area contributed by atoms with E-state index in [1.807, 2.05) is 0 Å². The topological polar surface area (TPSA) is 230 Å². The number of aliphatic hydroxyl groups excluding tert-OH is 6. The Bertz CT molecular complexity index is 740. The summed E-state index contributed by atoms with van der Waals surface area (Å²) in [6, 6.07) is 0. The van der Waals surface area contributed by atoms with E-state index in [2.05, 4.69) is 18.5 Å². The molecule has 7 N–H and O–H groups in total. The molecule has 0 spiro atoms. The number of rotatable bonds is 8. The largest absolute Gasteiger partial charge is 0.585 e. The van der Waals surface area contributed by atoms with Gasteiger partial charge >= 0.3 is 19.8 Å². The average Bonchev–Trinajstić information content (AvgIpc) is 3.04. The molecule has 0 saturated heterocycles. The zero-order chi connectivity index (χ0) is 20.5. The first kappa shape index (κ1) is 21.0. The summed E-state index contributed by atoms with van der Waals surface area (Å²) in [5.41, 5.74) is 0. The fraction of sp³-hybridized carbons (Fsp3) is 0.500. The van der Waals surface area contributed by atoms with Crippen molar-refractivity contribution >= 4 is 19.8 Å². The number of cyclic esters (lactones) is 2. The number of ether oxygens (including phenoxy) is 2. The molecule has 0 radical (unpaired) electrons. The number of esters is 2. The zero-order valence-electron chi connectivity index (χ0n) is 13.2. The minimum atomic E-state index is -5.39. The van der Waals surface area contributed by atoms with Crippen LogP contribution in [0.1, 0.15) is 0 Å². The maximum Gasteiger partial charge on any atom is 0.585 e. The van der Waals surface area contributed by atoms with Gasteiger partial charge < -0.3 is 49.2 Å². The number of aliphatic hydroxyl groups is 6. The Kier molecular flexibility index (Phi) is 5.99. The van der Waals surface area contributed by atoms with Gasteiger partial charge in [0.15, 0.2) is 18.0 Å². The highest BCUT2D eigenvalue weighted by Gasteiger charge is 2.48. The van der Waals surface area contributed by atoms with Crippen LogP contribution in [0.25, 0.3) is 0 Å². The standard InChI is InChI=1S/C12H15O14P/c13-1-3(15)7-5(17)10(12(20)23-7)26-27(21,22)25-9-6(18)11(19)24-8(9)4(16)2-14/h3-4,7-8,13-18H,1-2H2,(H,21,22)/t3-,4-,7+,8+/m0/s1. The van der Waals surface area contributed by atoms with Crippen molar-refractivity contribution in [2.45, 2.75) is 24.4 Å². The lowest BCUT2D eigenvalue weighted by Gasteiger charge is -2.20. The maximum absolute atomic E-state index is 12.1. The molecule has 0 fully saturated rings. The second kappa shape index (κ2) is 7.72. The number of hydrogen-bond donors (Lipinski definition) is 7. The van der Waals surface area contributed by atoms with Gasteiger partial charge in [0, 0.05) is 0 Å². The van der Waals surface area contributed by atoms with Gasteiger partial charge in [-0.25, -0.2) is 14.2 Å². The van der Waals surface area contributed by atoms with E-state index in [-0.39, 0.29) is 0 Å². The highest BCUT2D eigenvalue weighted by molar-refractivity contribution is 7.47. The lowest BCUT2D eigenvalue weighted by molar-refractivity contribution is -0.148. The molecule has 27 heavy (non-hydrogen) atoms. The molecule has 1 unspecified atom stereocenters.